The summed E-state index contributed by atoms with van der Waals surface area (Å²) in [4.78, 5) is 11.6. The van der Waals surface area contributed by atoms with E-state index >= 15 is 0 Å². The van der Waals surface area contributed by atoms with Crippen LogP contribution in [0.15, 0.2) is 24.3 Å². The van der Waals surface area contributed by atoms with Crippen LogP contribution in [-0.2, 0) is 4.79 Å². The lowest BCUT2D eigenvalue weighted by molar-refractivity contribution is -0.110. The van der Waals surface area contributed by atoms with E-state index in [-0.39, 0.29) is 16.9 Å². The second-order valence-electron chi connectivity index (χ2n) is 8.62. The Hall–Kier alpha value is -0.890. The van der Waals surface area contributed by atoms with Crippen molar-refractivity contribution in [2.24, 2.45) is 46.2 Å². The van der Waals surface area contributed by atoms with E-state index in [2.05, 4.69) is 32.6 Å². The molecule has 1 spiro atoms. The molecule has 2 N–H and O–H groups in total. The van der Waals surface area contributed by atoms with Gasteiger partial charge in [0.05, 0.1) is 6.04 Å². The smallest absolute Gasteiger partial charge is 0.137 e. The second kappa shape index (κ2) is 4.56. The largest absolute Gasteiger partial charge is 0.321 e. The predicted molar refractivity (Wildman–Crippen MR) is 89.1 cm³/mol. The Morgan fingerprint density at radius 3 is 3.00 bits per heavy atom. The highest BCUT2D eigenvalue weighted by Crippen LogP contribution is 2.81. The molecule has 3 fully saturated rings. The summed E-state index contributed by atoms with van der Waals surface area (Å²) in [5, 5.41) is 0. The standard InChI is InChI=1S/C20H29NO/c1-4-6-20(16(21)11-22)17-14-5-7-19(18(17)20)10-12(2)8-15(19)13(3)9-14/h5,7,11-12,14-18H,3-4,6,8-10,21H2,1-2H3/t12-,14+,15+,16+,17+,18+,19+,20-/m0/s1. The number of rotatable bonds is 4. The van der Waals surface area contributed by atoms with Crippen LogP contribution in [0, 0.1) is 40.4 Å². The molecule has 5 aliphatic carbocycles. The highest BCUT2D eigenvalue weighted by molar-refractivity contribution is 5.62. The molecular weight excluding hydrogens is 270 g/mol. The van der Waals surface area contributed by atoms with Crippen LogP contribution in [0.4, 0.5) is 0 Å². The molecule has 8 atom stereocenters. The Balaban J connectivity index is 1.83. The summed E-state index contributed by atoms with van der Waals surface area (Å²) in [7, 11) is 0. The van der Waals surface area contributed by atoms with Crippen molar-refractivity contribution >= 4 is 6.29 Å². The first-order valence-electron chi connectivity index (χ1n) is 9.09. The second-order valence-corrected chi connectivity index (χ2v) is 8.62. The Morgan fingerprint density at radius 2 is 2.32 bits per heavy atom. The summed E-state index contributed by atoms with van der Waals surface area (Å²) in [6.07, 6.45) is 11.9. The van der Waals surface area contributed by atoms with Crippen LogP contribution in [0.25, 0.3) is 0 Å². The summed E-state index contributed by atoms with van der Waals surface area (Å²) in [5.41, 5.74) is 8.18. The van der Waals surface area contributed by atoms with Crippen LogP contribution in [0.3, 0.4) is 0 Å². The average molecular weight is 299 g/mol. The third-order valence-electron chi connectivity index (χ3n) is 7.57. The molecule has 0 saturated heterocycles. The van der Waals surface area contributed by atoms with E-state index in [9.17, 15) is 4.79 Å². The van der Waals surface area contributed by atoms with Gasteiger partial charge in [0.2, 0.25) is 0 Å². The summed E-state index contributed by atoms with van der Waals surface area (Å²) in [6, 6.07) is -0.287. The van der Waals surface area contributed by atoms with Gasteiger partial charge in [0, 0.05) is 0 Å². The lowest BCUT2D eigenvalue weighted by Gasteiger charge is -2.37. The number of nitrogens with two attached hydrogens (primary N) is 1. The molecule has 0 radical (unpaired) electrons. The van der Waals surface area contributed by atoms with Crippen LogP contribution < -0.4 is 5.73 Å². The molecule has 22 heavy (non-hydrogen) atoms. The Labute approximate surface area is 134 Å². The summed E-state index contributed by atoms with van der Waals surface area (Å²) >= 11 is 0. The molecule has 0 aromatic carbocycles. The maximum atomic E-state index is 11.6. The minimum Gasteiger partial charge on any atom is -0.321 e. The van der Waals surface area contributed by atoms with Gasteiger partial charge in [-0.05, 0) is 66.1 Å². The third-order valence-corrected chi connectivity index (χ3v) is 7.57. The van der Waals surface area contributed by atoms with E-state index in [0.29, 0.717) is 23.7 Å². The maximum Gasteiger partial charge on any atom is 0.137 e. The molecule has 0 unspecified atom stereocenters. The fourth-order valence-electron chi connectivity index (χ4n) is 7.14. The monoisotopic (exact) mass is 299 g/mol. The minimum absolute atomic E-state index is 0.0632. The molecule has 2 heteroatoms. The van der Waals surface area contributed by atoms with Gasteiger partial charge in [-0.3, -0.25) is 0 Å². The maximum absolute atomic E-state index is 11.6. The minimum atomic E-state index is -0.287. The SMILES string of the molecule is C=C1C[C@H]2C=C[C@]3(C[C@@H](C)C[C@H]13)[C@H]1[C@@H]2[C@]1(CCC)[C@H](N)C=O. The van der Waals surface area contributed by atoms with Gasteiger partial charge in [-0.2, -0.15) is 0 Å². The van der Waals surface area contributed by atoms with Crippen molar-refractivity contribution in [1.29, 1.82) is 0 Å². The molecule has 3 saturated carbocycles. The van der Waals surface area contributed by atoms with Crippen molar-refractivity contribution in [2.75, 3.05) is 0 Å². The van der Waals surface area contributed by atoms with Crippen molar-refractivity contribution in [1.82, 2.24) is 0 Å². The van der Waals surface area contributed by atoms with E-state index in [1.165, 1.54) is 18.4 Å². The Morgan fingerprint density at radius 1 is 1.55 bits per heavy atom. The normalized spacial score (nSPS) is 52.9. The zero-order valence-electron chi connectivity index (χ0n) is 13.9. The van der Waals surface area contributed by atoms with E-state index in [1.54, 1.807) is 0 Å². The molecule has 0 amide bonds. The van der Waals surface area contributed by atoms with Gasteiger partial charge in [0.1, 0.15) is 6.29 Å². The average Bonchev–Trinajstić information content (AvgIpc) is 3.11. The Kier molecular flexibility index (Phi) is 3.05. The lowest BCUT2D eigenvalue weighted by Crippen LogP contribution is -2.39. The number of carbonyl (C=O) groups is 1. The fraction of sp³-hybridized carbons (Fsp3) is 0.750. The first kappa shape index (κ1) is 14.7. The molecule has 2 nitrogen and oxygen atoms in total. The molecule has 0 heterocycles. The fourth-order valence-corrected chi connectivity index (χ4v) is 7.14. The van der Waals surface area contributed by atoms with Crippen molar-refractivity contribution in [2.45, 2.75) is 52.0 Å². The zero-order valence-corrected chi connectivity index (χ0v) is 13.9. The van der Waals surface area contributed by atoms with Crippen LogP contribution in [0.2, 0.25) is 0 Å². The quantitative estimate of drug-likeness (QED) is 0.635. The lowest BCUT2D eigenvalue weighted by atomic mass is 9.67. The van der Waals surface area contributed by atoms with Crippen molar-refractivity contribution in [3.63, 3.8) is 0 Å². The van der Waals surface area contributed by atoms with Gasteiger partial charge in [0.25, 0.3) is 0 Å². The molecule has 0 aromatic heterocycles. The highest BCUT2D eigenvalue weighted by atomic mass is 16.1. The number of fused-ring (bicyclic) bond motifs is 1. The molecule has 5 aliphatic rings. The van der Waals surface area contributed by atoms with Gasteiger partial charge in [-0.25, -0.2) is 0 Å². The topological polar surface area (TPSA) is 43.1 Å². The van der Waals surface area contributed by atoms with E-state index < -0.39 is 0 Å². The van der Waals surface area contributed by atoms with Crippen molar-refractivity contribution in [3.05, 3.63) is 24.3 Å². The summed E-state index contributed by atoms with van der Waals surface area (Å²) in [5.74, 6) is 3.18. The third kappa shape index (κ3) is 1.52. The molecule has 2 bridgehead atoms. The van der Waals surface area contributed by atoms with E-state index in [1.807, 2.05) is 0 Å². The van der Waals surface area contributed by atoms with Gasteiger partial charge >= 0.3 is 0 Å². The van der Waals surface area contributed by atoms with Crippen LogP contribution in [0.5, 0.6) is 0 Å². The molecular formula is C20H29NO. The summed E-state index contributed by atoms with van der Waals surface area (Å²) < 4.78 is 0. The van der Waals surface area contributed by atoms with E-state index in [4.69, 9.17) is 5.73 Å². The van der Waals surface area contributed by atoms with Gasteiger partial charge in [-0.1, -0.05) is 44.6 Å². The van der Waals surface area contributed by atoms with Crippen LogP contribution in [0.1, 0.15) is 46.0 Å². The number of hydrogen-bond acceptors (Lipinski definition) is 2. The van der Waals surface area contributed by atoms with Crippen molar-refractivity contribution < 1.29 is 4.79 Å². The van der Waals surface area contributed by atoms with Gasteiger partial charge < -0.3 is 10.5 Å². The molecule has 120 valence electrons. The van der Waals surface area contributed by atoms with Gasteiger partial charge in [-0.15, -0.1) is 0 Å². The summed E-state index contributed by atoms with van der Waals surface area (Å²) in [6.45, 7) is 9.08. The predicted octanol–water partition coefficient (Wildman–Crippen LogP) is 3.72. The molecule has 5 rings (SSSR count). The molecule has 0 aromatic rings. The number of allylic oxidation sites excluding steroid dienone is 3. The Bertz CT molecular complexity index is 552. The van der Waals surface area contributed by atoms with Gasteiger partial charge in [0.15, 0.2) is 0 Å². The number of hydrogen-bond donors (Lipinski definition) is 1. The highest BCUT2D eigenvalue weighted by Gasteiger charge is 2.78. The van der Waals surface area contributed by atoms with Crippen molar-refractivity contribution in [3.8, 4) is 0 Å². The first-order chi connectivity index (χ1) is 10.5. The molecule has 0 aliphatic heterocycles. The number of carbonyl (C=O) groups excluding carboxylic acids is 1. The first-order valence-corrected chi connectivity index (χ1v) is 9.09. The van der Waals surface area contributed by atoms with Crippen LogP contribution in [-0.4, -0.2) is 12.3 Å². The van der Waals surface area contributed by atoms with E-state index in [0.717, 1.165) is 31.5 Å². The zero-order chi connectivity index (χ0) is 15.7. The number of aldehydes is 1. The van der Waals surface area contributed by atoms with Crippen LogP contribution >= 0.6 is 0 Å².